The molecule has 1 aliphatic rings. The van der Waals surface area contributed by atoms with Gasteiger partial charge in [-0.3, -0.25) is 0 Å². The molecule has 0 spiro atoms. The zero-order chi connectivity index (χ0) is 14.6. The van der Waals surface area contributed by atoms with Gasteiger partial charge in [-0.15, -0.1) is 0 Å². The normalized spacial score (nSPS) is 16.1. The highest BCUT2D eigenvalue weighted by molar-refractivity contribution is 7.89. The van der Waals surface area contributed by atoms with Crippen LogP contribution in [0.25, 0.3) is 0 Å². The fourth-order valence-corrected chi connectivity index (χ4v) is 3.67. The maximum atomic E-state index is 12.2. The standard InChI is InChI=1S/C15H23NO3S/c1-12(11-17)4-3-9-16-20(18,19)15-8-7-13-5-2-6-14(13)10-15/h7-8,10,12,16-17H,2-6,9,11H2,1H3. The average Bonchev–Trinajstić information content (AvgIpc) is 2.90. The number of fused-ring (bicyclic) bond motifs is 1. The van der Waals surface area contributed by atoms with Crippen molar-refractivity contribution in [3.8, 4) is 0 Å². The summed E-state index contributed by atoms with van der Waals surface area (Å²) in [5.74, 6) is 0.222. The Morgan fingerprint density at radius 2 is 2.05 bits per heavy atom. The number of rotatable bonds is 7. The van der Waals surface area contributed by atoms with E-state index in [0.29, 0.717) is 11.4 Å². The highest BCUT2D eigenvalue weighted by Crippen LogP contribution is 2.24. The summed E-state index contributed by atoms with van der Waals surface area (Å²) in [6.07, 6.45) is 4.72. The Balaban J connectivity index is 1.93. The van der Waals surface area contributed by atoms with Crippen LogP contribution in [-0.4, -0.2) is 26.7 Å². The number of hydrogen-bond acceptors (Lipinski definition) is 3. The molecular weight excluding hydrogens is 274 g/mol. The fraction of sp³-hybridized carbons (Fsp3) is 0.600. The molecule has 1 aromatic carbocycles. The van der Waals surface area contributed by atoms with Crippen molar-refractivity contribution in [1.29, 1.82) is 0 Å². The van der Waals surface area contributed by atoms with E-state index in [9.17, 15) is 8.42 Å². The van der Waals surface area contributed by atoms with E-state index in [1.807, 2.05) is 13.0 Å². The van der Waals surface area contributed by atoms with Gasteiger partial charge >= 0.3 is 0 Å². The molecule has 2 N–H and O–H groups in total. The lowest BCUT2D eigenvalue weighted by Crippen LogP contribution is -2.25. The smallest absolute Gasteiger partial charge is 0.240 e. The van der Waals surface area contributed by atoms with E-state index in [1.54, 1.807) is 12.1 Å². The van der Waals surface area contributed by atoms with Gasteiger partial charge < -0.3 is 5.11 Å². The molecule has 1 aromatic rings. The number of nitrogens with one attached hydrogen (secondary N) is 1. The van der Waals surface area contributed by atoms with E-state index >= 15 is 0 Å². The van der Waals surface area contributed by atoms with E-state index in [2.05, 4.69) is 4.72 Å². The molecule has 112 valence electrons. The van der Waals surface area contributed by atoms with Gasteiger partial charge in [-0.25, -0.2) is 13.1 Å². The third kappa shape index (κ3) is 3.81. The van der Waals surface area contributed by atoms with Crippen LogP contribution < -0.4 is 4.72 Å². The van der Waals surface area contributed by atoms with Crippen molar-refractivity contribution in [2.24, 2.45) is 5.92 Å². The van der Waals surface area contributed by atoms with Gasteiger partial charge in [0, 0.05) is 13.2 Å². The predicted molar refractivity (Wildman–Crippen MR) is 79.1 cm³/mol. The monoisotopic (exact) mass is 297 g/mol. The van der Waals surface area contributed by atoms with Crippen LogP contribution >= 0.6 is 0 Å². The van der Waals surface area contributed by atoms with Crippen molar-refractivity contribution < 1.29 is 13.5 Å². The summed E-state index contributed by atoms with van der Waals surface area (Å²) in [6.45, 7) is 2.52. The molecule has 0 radical (unpaired) electrons. The molecule has 0 saturated heterocycles. The SMILES string of the molecule is CC(CO)CCCNS(=O)(=O)c1ccc2c(c1)CCC2. The van der Waals surface area contributed by atoms with E-state index in [0.717, 1.165) is 32.1 Å². The van der Waals surface area contributed by atoms with Gasteiger partial charge in [0.15, 0.2) is 0 Å². The number of aliphatic hydroxyl groups is 1. The van der Waals surface area contributed by atoms with Crippen LogP contribution in [0, 0.1) is 5.92 Å². The minimum absolute atomic E-state index is 0.150. The maximum absolute atomic E-state index is 12.2. The molecule has 0 aliphatic heterocycles. The molecule has 1 aliphatic carbocycles. The summed E-state index contributed by atoms with van der Waals surface area (Å²) in [4.78, 5) is 0.369. The largest absolute Gasteiger partial charge is 0.396 e. The zero-order valence-electron chi connectivity index (χ0n) is 11.9. The van der Waals surface area contributed by atoms with Crippen LogP contribution in [0.4, 0.5) is 0 Å². The van der Waals surface area contributed by atoms with Gasteiger partial charge in [0.05, 0.1) is 4.90 Å². The molecule has 0 aromatic heterocycles. The summed E-state index contributed by atoms with van der Waals surface area (Å²) in [5.41, 5.74) is 2.45. The van der Waals surface area contributed by atoms with Crippen LogP contribution in [0.1, 0.15) is 37.3 Å². The van der Waals surface area contributed by atoms with Crippen LogP contribution in [-0.2, 0) is 22.9 Å². The summed E-state index contributed by atoms with van der Waals surface area (Å²) < 4.78 is 27.0. The first-order valence-corrected chi connectivity index (χ1v) is 8.73. The summed E-state index contributed by atoms with van der Waals surface area (Å²) >= 11 is 0. The third-order valence-electron chi connectivity index (χ3n) is 3.86. The first kappa shape index (κ1) is 15.5. The lowest BCUT2D eigenvalue weighted by molar-refractivity contribution is 0.228. The Hall–Kier alpha value is -0.910. The van der Waals surface area contributed by atoms with Crippen LogP contribution in [0.15, 0.2) is 23.1 Å². The molecular formula is C15H23NO3S. The Bertz CT molecular complexity index is 554. The molecule has 1 atom stereocenters. The number of benzene rings is 1. The Kier molecular flexibility index (Phi) is 5.18. The van der Waals surface area contributed by atoms with Gasteiger partial charge in [-0.2, -0.15) is 0 Å². The first-order chi connectivity index (χ1) is 9.53. The number of aryl methyl sites for hydroxylation is 2. The molecule has 0 bridgehead atoms. The molecule has 0 saturated carbocycles. The molecule has 20 heavy (non-hydrogen) atoms. The fourth-order valence-electron chi connectivity index (χ4n) is 2.55. The Labute approximate surface area is 121 Å². The van der Waals surface area contributed by atoms with Crippen molar-refractivity contribution in [1.82, 2.24) is 4.72 Å². The number of aliphatic hydroxyl groups excluding tert-OH is 1. The number of sulfonamides is 1. The Morgan fingerprint density at radius 1 is 1.30 bits per heavy atom. The molecule has 2 rings (SSSR count). The second-order valence-electron chi connectivity index (χ2n) is 5.61. The van der Waals surface area contributed by atoms with Crippen LogP contribution in [0.2, 0.25) is 0 Å². The summed E-state index contributed by atoms with van der Waals surface area (Å²) in [5, 5.41) is 8.92. The van der Waals surface area contributed by atoms with Crippen LogP contribution in [0.5, 0.6) is 0 Å². The molecule has 4 nitrogen and oxygen atoms in total. The lowest BCUT2D eigenvalue weighted by Gasteiger charge is -2.10. The van der Waals surface area contributed by atoms with Gasteiger partial charge in [0.1, 0.15) is 0 Å². The van der Waals surface area contributed by atoms with Crippen molar-refractivity contribution in [3.05, 3.63) is 29.3 Å². The maximum Gasteiger partial charge on any atom is 0.240 e. The quantitative estimate of drug-likeness (QED) is 0.755. The van der Waals surface area contributed by atoms with E-state index in [4.69, 9.17) is 5.11 Å². The topological polar surface area (TPSA) is 66.4 Å². The van der Waals surface area contributed by atoms with Gasteiger partial charge in [0.25, 0.3) is 0 Å². The third-order valence-corrected chi connectivity index (χ3v) is 5.32. The number of hydrogen-bond donors (Lipinski definition) is 2. The van der Waals surface area contributed by atoms with Crippen molar-refractivity contribution in [3.63, 3.8) is 0 Å². The average molecular weight is 297 g/mol. The van der Waals surface area contributed by atoms with E-state index < -0.39 is 10.0 Å². The lowest BCUT2D eigenvalue weighted by atomic mass is 10.1. The highest BCUT2D eigenvalue weighted by Gasteiger charge is 2.17. The second-order valence-corrected chi connectivity index (χ2v) is 7.38. The molecule has 5 heteroatoms. The summed E-state index contributed by atoms with van der Waals surface area (Å²) in [7, 11) is -3.40. The molecule has 0 fully saturated rings. The van der Waals surface area contributed by atoms with Gasteiger partial charge in [0.2, 0.25) is 10.0 Å². The minimum Gasteiger partial charge on any atom is -0.396 e. The molecule has 0 heterocycles. The van der Waals surface area contributed by atoms with Gasteiger partial charge in [-0.05, 0) is 61.3 Å². The van der Waals surface area contributed by atoms with Crippen molar-refractivity contribution >= 4 is 10.0 Å². The van der Waals surface area contributed by atoms with Gasteiger partial charge in [-0.1, -0.05) is 13.0 Å². The highest BCUT2D eigenvalue weighted by atomic mass is 32.2. The van der Waals surface area contributed by atoms with E-state index in [1.165, 1.54) is 11.1 Å². The van der Waals surface area contributed by atoms with Crippen LogP contribution in [0.3, 0.4) is 0 Å². The van der Waals surface area contributed by atoms with Crippen molar-refractivity contribution in [2.75, 3.05) is 13.2 Å². The second kappa shape index (κ2) is 6.70. The summed E-state index contributed by atoms with van der Waals surface area (Å²) in [6, 6.07) is 5.44. The zero-order valence-corrected chi connectivity index (χ0v) is 12.7. The van der Waals surface area contributed by atoms with Crippen molar-refractivity contribution in [2.45, 2.75) is 43.9 Å². The predicted octanol–water partition coefficient (Wildman–Crippen LogP) is 1.86. The van der Waals surface area contributed by atoms with E-state index in [-0.39, 0.29) is 12.5 Å². The first-order valence-electron chi connectivity index (χ1n) is 7.25. The molecule has 1 unspecified atom stereocenters. The minimum atomic E-state index is -3.40. The molecule has 0 amide bonds. The Morgan fingerprint density at radius 3 is 2.80 bits per heavy atom.